The highest BCUT2D eigenvalue weighted by Gasteiger charge is 2.36. The average Bonchev–Trinajstić information content (AvgIpc) is 3.70. The van der Waals surface area contributed by atoms with Gasteiger partial charge < -0.3 is 14.4 Å². The van der Waals surface area contributed by atoms with Gasteiger partial charge in [0.1, 0.15) is 0 Å². The molecule has 2 aliphatic rings. The fraction of sp³-hybridized carbons (Fsp3) is 0. The van der Waals surface area contributed by atoms with E-state index < -0.39 is 0 Å². The van der Waals surface area contributed by atoms with E-state index in [0.717, 1.165) is 34.1 Å². The minimum absolute atomic E-state index is 1.13. The highest BCUT2D eigenvalue weighted by atomic mass is 15.3. The van der Waals surface area contributed by atoms with Gasteiger partial charge in [-0.3, -0.25) is 0 Å². The third-order valence-electron chi connectivity index (χ3n) is 14.2. The minimum Gasteiger partial charge on any atom is -0.309 e. The van der Waals surface area contributed by atoms with Crippen molar-refractivity contribution in [3.05, 3.63) is 261 Å². The van der Waals surface area contributed by atoms with Crippen LogP contribution in [0.25, 0.3) is 94.3 Å². The molecule has 322 valence electrons. The zero-order valence-electron chi connectivity index (χ0n) is 37.7. The quantitative estimate of drug-likeness (QED) is 0.165. The maximum Gasteiger partial charge on any atom is 0.0782 e. The van der Waals surface area contributed by atoms with E-state index in [1.807, 2.05) is 0 Å². The van der Waals surface area contributed by atoms with E-state index in [9.17, 15) is 0 Å². The summed E-state index contributed by atoms with van der Waals surface area (Å²) in [5.41, 5.74) is 24.8. The van der Waals surface area contributed by atoms with E-state index in [0.29, 0.717) is 0 Å². The van der Waals surface area contributed by atoms with E-state index in [4.69, 9.17) is 0 Å². The molecule has 0 saturated heterocycles. The Labute approximate surface area is 401 Å². The Hall–Kier alpha value is -9.18. The zero-order chi connectivity index (χ0) is 45.4. The number of hydrogen-bond acceptors (Lipinski definition) is 2. The summed E-state index contributed by atoms with van der Waals surface area (Å²) in [6.07, 6.45) is 0. The third kappa shape index (κ3) is 6.29. The maximum atomic E-state index is 2.51. The van der Waals surface area contributed by atoms with Crippen LogP contribution in [0.5, 0.6) is 0 Å². The Balaban J connectivity index is 0.934. The highest BCUT2D eigenvalue weighted by molar-refractivity contribution is 6.14. The Morgan fingerprint density at radius 1 is 0.217 bits per heavy atom. The number of benzene rings is 11. The summed E-state index contributed by atoms with van der Waals surface area (Å²) < 4.78 is 2.45. The van der Waals surface area contributed by atoms with Crippen LogP contribution in [0.15, 0.2) is 261 Å². The average molecular weight is 878 g/mol. The van der Waals surface area contributed by atoms with Gasteiger partial charge in [0.25, 0.3) is 0 Å². The minimum atomic E-state index is 1.13. The summed E-state index contributed by atoms with van der Waals surface area (Å²) in [7, 11) is 0. The lowest BCUT2D eigenvalue weighted by atomic mass is 9.92. The molecule has 0 unspecified atom stereocenters. The van der Waals surface area contributed by atoms with Gasteiger partial charge in [-0.1, -0.05) is 182 Å². The molecular formula is C66H43N3. The first-order valence-corrected chi connectivity index (χ1v) is 23.8. The molecular weight excluding hydrogens is 835 g/mol. The van der Waals surface area contributed by atoms with Gasteiger partial charge in [0.2, 0.25) is 0 Å². The summed E-state index contributed by atoms with van der Waals surface area (Å²) in [6, 6.07) is 95.7. The molecule has 2 aliphatic heterocycles. The van der Waals surface area contributed by atoms with Crippen LogP contribution >= 0.6 is 0 Å². The fourth-order valence-corrected chi connectivity index (χ4v) is 11.1. The Morgan fingerprint density at radius 3 is 1.43 bits per heavy atom. The molecule has 0 fully saturated rings. The zero-order valence-corrected chi connectivity index (χ0v) is 37.7. The van der Waals surface area contributed by atoms with Crippen LogP contribution in [0.1, 0.15) is 0 Å². The fourth-order valence-electron chi connectivity index (χ4n) is 11.1. The standard InChI is InChI=1S/C66H43N3/c1-4-18-44(19-5-1)47-24-16-25-52(39-47)67-63-31-14-15-32-64(63)69-62-37-35-48(42-58(62)55-27-11-10-26-54(55)57-29-17-33-65(67)66(57)69)49-34-36-61-59(43-49)56-28-12-13-30-60(56)68(61)53-40-50(45-20-6-2-7-21-45)38-51(41-53)46-22-8-3-9-23-46/h1-43H. The molecule has 1 aromatic heterocycles. The molecule has 0 radical (unpaired) electrons. The van der Waals surface area contributed by atoms with Crippen LogP contribution in [0.2, 0.25) is 0 Å². The number of nitrogens with zero attached hydrogens (tertiary/aromatic N) is 3. The topological polar surface area (TPSA) is 11.4 Å². The second-order valence-electron chi connectivity index (χ2n) is 18.1. The number of aromatic nitrogens is 1. The van der Waals surface area contributed by atoms with Gasteiger partial charge in [-0.05, 0) is 134 Å². The number of para-hydroxylation sites is 4. The third-order valence-corrected chi connectivity index (χ3v) is 14.2. The molecule has 0 saturated carbocycles. The number of hydrogen-bond donors (Lipinski definition) is 0. The van der Waals surface area contributed by atoms with Crippen molar-refractivity contribution in [1.29, 1.82) is 0 Å². The normalized spacial score (nSPS) is 12.3. The molecule has 3 heterocycles. The van der Waals surface area contributed by atoms with Gasteiger partial charge in [-0.25, -0.2) is 0 Å². The van der Waals surface area contributed by atoms with Crippen molar-refractivity contribution in [2.24, 2.45) is 0 Å². The summed E-state index contributed by atoms with van der Waals surface area (Å²) in [6.45, 7) is 0. The Kier molecular flexibility index (Phi) is 8.90. The molecule has 0 atom stereocenters. The molecule has 14 rings (SSSR count). The first-order chi connectivity index (χ1) is 34.2. The van der Waals surface area contributed by atoms with Gasteiger partial charge in [-0.2, -0.15) is 0 Å². The lowest BCUT2D eigenvalue weighted by molar-refractivity contribution is 1.18. The van der Waals surface area contributed by atoms with Gasteiger partial charge in [0.05, 0.1) is 39.5 Å². The molecule has 0 bridgehead atoms. The molecule has 12 aromatic rings. The largest absolute Gasteiger partial charge is 0.309 e. The lowest BCUT2D eigenvalue weighted by Crippen LogP contribution is -2.24. The van der Waals surface area contributed by atoms with Crippen molar-refractivity contribution in [3.63, 3.8) is 0 Å². The van der Waals surface area contributed by atoms with E-state index in [2.05, 4.69) is 275 Å². The van der Waals surface area contributed by atoms with Crippen LogP contribution in [-0.4, -0.2) is 4.57 Å². The number of rotatable bonds is 6. The van der Waals surface area contributed by atoms with Crippen LogP contribution in [-0.2, 0) is 0 Å². The van der Waals surface area contributed by atoms with Crippen LogP contribution in [0.3, 0.4) is 0 Å². The molecule has 0 spiro atoms. The lowest BCUT2D eigenvalue weighted by Gasteiger charge is -2.41. The molecule has 0 aliphatic carbocycles. The van der Waals surface area contributed by atoms with Gasteiger partial charge >= 0.3 is 0 Å². The molecule has 0 amide bonds. The van der Waals surface area contributed by atoms with Crippen molar-refractivity contribution in [1.82, 2.24) is 4.57 Å². The summed E-state index contributed by atoms with van der Waals surface area (Å²) in [5, 5.41) is 2.45. The second kappa shape index (κ2) is 15.7. The van der Waals surface area contributed by atoms with Gasteiger partial charge in [-0.15, -0.1) is 0 Å². The Morgan fingerprint density at radius 2 is 0.710 bits per heavy atom. The second-order valence-corrected chi connectivity index (χ2v) is 18.1. The maximum absolute atomic E-state index is 2.51. The van der Waals surface area contributed by atoms with E-state index in [-0.39, 0.29) is 0 Å². The van der Waals surface area contributed by atoms with Crippen molar-refractivity contribution in [2.45, 2.75) is 0 Å². The molecule has 3 nitrogen and oxygen atoms in total. The van der Waals surface area contributed by atoms with Crippen molar-refractivity contribution >= 4 is 55.9 Å². The van der Waals surface area contributed by atoms with E-state index in [1.165, 1.54) is 94.3 Å². The molecule has 11 aromatic carbocycles. The number of anilines is 6. The first-order valence-electron chi connectivity index (χ1n) is 23.8. The summed E-state index contributed by atoms with van der Waals surface area (Å²) in [5.74, 6) is 0. The first kappa shape index (κ1) is 39.0. The molecule has 3 heteroatoms. The van der Waals surface area contributed by atoms with Crippen molar-refractivity contribution in [2.75, 3.05) is 9.80 Å². The Bertz CT molecular complexity index is 3900. The smallest absolute Gasteiger partial charge is 0.0782 e. The van der Waals surface area contributed by atoms with Crippen LogP contribution < -0.4 is 9.80 Å². The van der Waals surface area contributed by atoms with E-state index in [1.54, 1.807) is 0 Å². The van der Waals surface area contributed by atoms with Crippen LogP contribution in [0, 0.1) is 0 Å². The van der Waals surface area contributed by atoms with Crippen molar-refractivity contribution < 1.29 is 0 Å². The van der Waals surface area contributed by atoms with Crippen LogP contribution in [0.4, 0.5) is 34.1 Å². The highest BCUT2D eigenvalue weighted by Crippen LogP contribution is 2.61. The predicted molar refractivity (Wildman–Crippen MR) is 290 cm³/mol. The van der Waals surface area contributed by atoms with E-state index >= 15 is 0 Å². The summed E-state index contributed by atoms with van der Waals surface area (Å²) in [4.78, 5) is 4.96. The van der Waals surface area contributed by atoms with Gasteiger partial charge in [0, 0.05) is 33.3 Å². The number of fused-ring (bicyclic) bond motifs is 10. The SMILES string of the molecule is c1ccc(-c2cccc(N3c4ccccc4N4c5ccc(-c6ccc7c(c6)c6ccccc6n7-c6cc(-c7ccccc7)cc(-c7ccccc7)c6)cc5-c5ccccc5-c5cccc3c54)c2)cc1. The van der Waals surface area contributed by atoms with Crippen molar-refractivity contribution in [3.8, 4) is 72.4 Å². The molecule has 0 N–H and O–H groups in total. The summed E-state index contributed by atoms with van der Waals surface area (Å²) >= 11 is 0. The monoisotopic (exact) mass is 877 g/mol. The predicted octanol–water partition coefficient (Wildman–Crippen LogP) is 18.4. The van der Waals surface area contributed by atoms with Gasteiger partial charge in [0.15, 0.2) is 0 Å². The molecule has 69 heavy (non-hydrogen) atoms.